The van der Waals surface area contributed by atoms with Gasteiger partial charge in [-0.3, -0.25) is 15.5 Å². The van der Waals surface area contributed by atoms with E-state index in [4.69, 9.17) is 0 Å². The Morgan fingerprint density at radius 3 is 3.10 bits per heavy atom. The first-order valence-corrected chi connectivity index (χ1v) is 5.81. The zero-order valence-corrected chi connectivity index (χ0v) is 10.5. The van der Waals surface area contributed by atoms with Crippen molar-refractivity contribution in [2.45, 2.75) is 0 Å². The normalized spacial score (nSPS) is 11.0. The fourth-order valence-corrected chi connectivity index (χ4v) is 1.60. The quantitative estimate of drug-likeness (QED) is 0.428. The maximum atomic E-state index is 10.7. The van der Waals surface area contributed by atoms with E-state index in [0.29, 0.717) is 17.0 Å². The summed E-state index contributed by atoms with van der Waals surface area (Å²) in [5.74, 6) is 0.441. The second-order valence-corrected chi connectivity index (χ2v) is 3.97. The van der Waals surface area contributed by atoms with Gasteiger partial charge in [-0.2, -0.15) is 5.10 Å². The lowest BCUT2D eigenvalue weighted by atomic mass is 10.2. The molecule has 1 N–H and O–H groups in total. The monoisotopic (exact) mass is 284 g/mol. The maximum absolute atomic E-state index is 10.7. The van der Waals surface area contributed by atoms with E-state index in [9.17, 15) is 10.1 Å². The van der Waals surface area contributed by atoms with E-state index in [2.05, 4.69) is 31.2 Å². The third-order valence-electron chi connectivity index (χ3n) is 2.54. The van der Waals surface area contributed by atoms with Gasteiger partial charge in [-0.15, -0.1) is 14.8 Å². The van der Waals surface area contributed by atoms with Crippen LogP contribution in [0.25, 0.3) is 5.65 Å². The van der Waals surface area contributed by atoms with Crippen LogP contribution in [0.2, 0.25) is 0 Å². The molecule has 0 amide bonds. The standard InChI is InChI=1S/C11H8N8O2/c20-19(21)9-3-1-2-8(6-9)7-12-13-10-4-5-11-14-16-17-18(11)15-10/h1-7H,(H,13,15)/b12-7+. The van der Waals surface area contributed by atoms with E-state index >= 15 is 0 Å². The summed E-state index contributed by atoms with van der Waals surface area (Å²) in [6, 6.07) is 9.47. The van der Waals surface area contributed by atoms with Crippen LogP contribution >= 0.6 is 0 Å². The lowest BCUT2D eigenvalue weighted by Gasteiger charge is -1.98. The molecule has 0 unspecified atom stereocenters. The molecular weight excluding hydrogens is 276 g/mol. The van der Waals surface area contributed by atoms with Crippen molar-refractivity contribution in [3.63, 3.8) is 0 Å². The van der Waals surface area contributed by atoms with Crippen molar-refractivity contribution in [3.05, 3.63) is 52.1 Å². The molecule has 0 aliphatic heterocycles. The molecule has 1 aromatic carbocycles. The van der Waals surface area contributed by atoms with E-state index in [1.165, 1.54) is 23.0 Å². The SMILES string of the molecule is O=[N+]([O-])c1cccc(/C=N/Nc2ccc3nnnn3n2)c1. The first kappa shape index (κ1) is 12.6. The zero-order valence-electron chi connectivity index (χ0n) is 10.5. The van der Waals surface area contributed by atoms with Crippen LogP contribution in [0.1, 0.15) is 5.56 Å². The Kier molecular flexibility index (Phi) is 3.17. The molecule has 0 spiro atoms. The summed E-state index contributed by atoms with van der Waals surface area (Å²) in [6.07, 6.45) is 1.46. The van der Waals surface area contributed by atoms with Gasteiger partial charge < -0.3 is 0 Å². The highest BCUT2D eigenvalue weighted by Gasteiger charge is 2.04. The van der Waals surface area contributed by atoms with Crippen molar-refractivity contribution in [3.8, 4) is 0 Å². The summed E-state index contributed by atoms with van der Waals surface area (Å²) in [7, 11) is 0. The lowest BCUT2D eigenvalue weighted by molar-refractivity contribution is -0.384. The molecule has 2 heterocycles. The molecule has 0 saturated carbocycles. The van der Waals surface area contributed by atoms with Crippen molar-refractivity contribution in [2.75, 3.05) is 5.43 Å². The van der Waals surface area contributed by atoms with Crippen molar-refractivity contribution in [2.24, 2.45) is 5.10 Å². The second kappa shape index (κ2) is 5.28. The Balaban J connectivity index is 1.74. The number of nitro groups is 1. The summed E-state index contributed by atoms with van der Waals surface area (Å²) >= 11 is 0. The summed E-state index contributed by atoms with van der Waals surface area (Å²) in [5, 5.41) is 29.5. The van der Waals surface area contributed by atoms with E-state index in [-0.39, 0.29) is 5.69 Å². The number of aromatic nitrogens is 5. The number of non-ortho nitro benzene ring substituents is 1. The number of hydrazone groups is 1. The number of anilines is 1. The number of nitro benzene ring substituents is 1. The van der Waals surface area contributed by atoms with Crippen LogP contribution in [0.5, 0.6) is 0 Å². The Hall–Kier alpha value is -3.43. The van der Waals surface area contributed by atoms with Crippen molar-refractivity contribution >= 4 is 23.4 Å². The number of tetrazole rings is 1. The fourth-order valence-electron chi connectivity index (χ4n) is 1.60. The van der Waals surface area contributed by atoms with Crippen LogP contribution in [0.15, 0.2) is 41.5 Å². The number of nitrogens with zero attached hydrogens (tertiary/aromatic N) is 7. The molecule has 0 aliphatic carbocycles. The number of fused-ring (bicyclic) bond motifs is 1. The number of hydrogen-bond donors (Lipinski definition) is 1. The number of hydrogen-bond acceptors (Lipinski definition) is 8. The Bertz CT molecular complexity index is 828. The van der Waals surface area contributed by atoms with Crippen molar-refractivity contribution < 1.29 is 4.92 Å². The van der Waals surface area contributed by atoms with Gasteiger partial charge >= 0.3 is 0 Å². The number of benzene rings is 1. The van der Waals surface area contributed by atoms with Crippen LogP contribution in [-0.2, 0) is 0 Å². The van der Waals surface area contributed by atoms with Gasteiger partial charge in [0.25, 0.3) is 5.69 Å². The summed E-state index contributed by atoms with van der Waals surface area (Å²) < 4.78 is 1.26. The van der Waals surface area contributed by atoms with Crippen molar-refractivity contribution in [1.29, 1.82) is 0 Å². The highest BCUT2D eigenvalue weighted by atomic mass is 16.6. The Morgan fingerprint density at radius 2 is 2.24 bits per heavy atom. The molecule has 104 valence electrons. The van der Waals surface area contributed by atoms with Crippen LogP contribution < -0.4 is 5.43 Å². The van der Waals surface area contributed by atoms with Crippen LogP contribution in [0, 0.1) is 10.1 Å². The van der Waals surface area contributed by atoms with Crippen molar-refractivity contribution in [1.82, 2.24) is 25.3 Å². The van der Waals surface area contributed by atoms with E-state index < -0.39 is 4.92 Å². The van der Waals surface area contributed by atoms with Gasteiger partial charge in [0.15, 0.2) is 11.5 Å². The second-order valence-electron chi connectivity index (χ2n) is 3.97. The first-order chi connectivity index (χ1) is 10.2. The van der Waals surface area contributed by atoms with E-state index in [0.717, 1.165) is 0 Å². The Morgan fingerprint density at radius 1 is 1.33 bits per heavy atom. The highest BCUT2D eigenvalue weighted by molar-refractivity contribution is 5.81. The molecule has 0 bridgehead atoms. The van der Waals surface area contributed by atoms with Gasteiger partial charge in [0.1, 0.15) is 0 Å². The fraction of sp³-hybridized carbons (Fsp3) is 0. The minimum Gasteiger partial charge on any atom is -0.260 e. The summed E-state index contributed by atoms with van der Waals surface area (Å²) in [6.45, 7) is 0. The zero-order chi connectivity index (χ0) is 14.7. The van der Waals surface area contributed by atoms with E-state index in [1.54, 1.807) is 24.3 Å². The van der Waals surface area contributed by atoms with Crippen LogP contribution in [0.3, 0.4) is 0 Å². The molecule has 0 saturated heterocycles. The molecule has 3 aromatic rings. The van der Waals surface area contributed by atoms with Gasteiger partial charge in [0.2, 0.25) is 0 Å². The molecule has 2 aromatic heterocycles. The topological polar surface area (TPSA) is 124 Å². The highest BCUT2D eigenvalue weighted by Crippen LogP contribution is 2.11. The third kappa shape index (κ3) is 2.78. The number of nitrogens with one attached hydrogen (secondary N) is 1. The third-order valence-corrected chi connectivity index (χ3v) is 2.54. The lowest BCUT2D eigenvalue weighted by Crippen LogP contribution is -2.00. The average molecular weight is 284 g/mol. The molecule has 0 atom stereocenters. The number of rotatable bonds is 4. The predicted molar refractivity (Wildman–Crippen MR) is 72.9 cm³/mol. The van der Waals surface area contributed by atoms with Gasteiger partial charge in [-0.05, 0) is 22.6 Å². The maximum Gasteiger partial charge on any atom is 0.270 e. The summed E-state index contributed by atoms with van der Waals surface area (Å²) in [4.78, 5) is 10.2. The molecule has 21 heavy (non-hydrogen) atoms. The van der Waals surface area contributed by atoms with Gasteiger partial charge in [0.05, 0.1) is 11.1 Å². The molecule has 0 aliphatic rings. The molecule has 0 radical (unpaired) electrons. The predicted octanol–water partition coefficient (Wildman–Crippen LogP) is 0.873. The van der Waals surface area contributed by atoms with Crippen LogP contribution in [0.4, 0.5) is 11.5 Å². The van der Waals surface area contributed by atoms with Crippen LogP contribution in [-0.4, -0.2) is 36.4 Å². The van der Waals surface area contributed by atoms with Gasteiger partial charge in [0, 0.05) is 17.7 Å². The molecule has 10 nitrogen and oxygen atoms in total. The largest absolute Gasteiger partial charge is 0.270 e. The summed E-state index contributed by atoms with van der Waals surface area (Å²) in [5.41, 5.74) is 3.82. The minimum atomic E-state index is -0.460. The minimum absolute atomic E-state index is 0.00665. The van der Waals surface area contributed by atoms with Gasteiger partial charge in [-0.25, -0.2) is 0 Å². The smallest absolute Gasteiger partial charge is 0.260 e. The Labute approximate surface area is 117 Å². The molecule has 3 rings (SSSR count). The van der Waals surface area contributed by atoms with E-state index in [1.807, 2.05) is 0 Å². The molecule has 10 heteroatoms. The molecule has 0 fully saturated rings. The average Bonchev–Trinajstić information content (AvgIpc) is 2.95. The first-order valence-electron chi connectivity index (χ1n) is 5.81. The van der Waals surface area contributed by atoms with Gasteiger partial charge in [-0.1, -0.05) is 12.1 Å². The molecular formula is C11H8N8O2.